The van der Waals surface area contributed by atoms with E-state index in [4.69, 9.17) is 10.0 Å². The van der Waals surface area contributed by atoms with Gasteiger partial charge in [-0.25, -0.2) is 0 Å². The van der Waals surface area contributed by atoms with E-state index in [9.17, 15) is 22.4 Å². The second kappa shape index (κ2) is 6.04. The third-order valence-corrected chi connectivity index (χ3v) is 2.72. The van der Waals surface area contributed by atoms with E-state index in [2.05, 4.69) is 18.2 Å². The maximum atomic E-state index is 13.6. The minimum atomic E-state index is -4.90. The van der Waals surface area contributed by atoms with Gasteiger partial charge in [-0.15, -0.1) is 0 Å². The van der Waals surface area contributed by atoms with E-state index in [1.54, 1.807) is 0 Å². The molecule has 1 amide bonds. The van der Waals surface area contributed by atoms with Crippen molar-refractivity contribution in [1.82, 2.24) is 0 Å². The van der Waals surface area contributed by atoms with Crippen LogP contribution in [-0.2, 0) is 10.7 Å². The van der Waals surface area contributed by atoms with Crippen molar-refractivity contribution in [2.24, 2.45) is 0 Å². The maximum absolute atomic E-state index is 13.6. The largest absolute Gasteiger partial charge is 0.488 e. The van der Waals surface area contributed by atoms with Crippen LogP contribution in [0.1, 0.15) is 5.56 Å². The number of carbonyl (C=O) groups is 1. The minimum absolute atomic E-state index is 0.285. The molecular weight excluding hydrogens is 316 g/mol. The molecule has 0 fully saturated rings. The fraction of sp³-hybridized carbons (Fsp3) is 0.182. The summed E-state index contributed by atoms with van der Waals surface area (Å²) in [6.45, 7) is 3.08. The molecule has 0 radical (unpaired) electrons. The van der Waals surface area contributed by atoms with Gasteiger partial charge in [0.2, 0.25) is 5.91 Å². The summed E-state index contributed by atoms with van der Waals surface area (Å²) >= 11 is 4.39. The Morgan fingerprint density at radius 2 is 1.90 bits per heavy atom. The lowest BCUT2D eigenvalue weighted by Crippen LogP contribution is -2.36. The quantitative estimate of drug-likeness (QED) is 0.332. The van der Waals surface area contributed by atoms with Gasteiger partial charge in [-0.3, -0.25) is 4.79 Å². The molecule has 0 aliphatic heterocycles. The predicted molar refractivity (Wildman–Crippen MR) is 69.8 cm³/mol. The average molecular weight is 325 g/mol. The molecular formula is C11H9BClF4NO3. The summed E-state index contributed by atoms with van der Waals surface area (Å²) < 4.78 is 52.9. The van der Waals surface area contributed by atoms with Crippen molar-refractivity contribution in [2.75, 3.05) is 5.32 Å². The number of halogens is 5. The van der Waals surface area contributed by atoms with Crippen LogP contribution < -0.4 is 10.8 Å². The topological polar surface area (TPSA) is 69.6 Å². The molecule has 0 saturated carbocycles. The van der Waals surface area contributed by atoms with Gasteiger partial charge in [-0.05, 0) is 29.2 Å². The third-order valence-electron chi connectivity index (χ3n) is 2.48. The van der Waals surface area contributed by atoms with Crippen LogP contribution >= 0.6 is 11.6 Å². The molecule has 4 nitrogen and oxygen atoms in total. The standard InChI is InChI=1S/C11H9BClF4NO3/c1-2-9(19)18-8-5-6(12(20)21)3-4-7(8)10(14,15)11(13,16)17/h2-5,20-21H,1H2,(H,18,19). The number of rotatable bonds is 5. The van der Waals surface area contributed by atoms with E-state index in [1.165, 1.54) is 0 Å². The van der Waals surface area contributed by atoms with Crippen molar-refractivity contribution in [3.63, 3.8) is 0 Å². The summed E-state index contributed by atoms with van der Waals surface area (Å²) in [5.74, 6) is -5.74. The molecule has 0 aliphatic carbocycles. The van der Waals surface area contributed by atoms with Gasteiger partial charge >= 0.3 is 18.4 Å². The van der Waals surface area contributed by atoms with Crippen molar-refractivity contribution < 1.29 is 32.4 Å². The second-order valence-corrected chi connectivity index (χ2v) is 4.42. The van der Waals surface area contributed by atoms with Crippen LogP contribution in [0.3, 0.4) is 0 Å². The van der Waals surface area contributed by atoms with Gasteiger partial charge in [-0.1, -0.05) is 18.7 Å². The number of hydrogen-bond donors (Lipinski definition) is 3. The summed E-state index contributed by atoms with van der Waals surface area (Å²) in [6.07, 6.45) is 0.725. The highest BCUT2D eigenvalue weighted by molar-refractivity contribution is 6.58. The summed E-state index contributed by atoms with van der Waals surface area (Å²) in [7, 11) is -2.04. The van der Waals surface area contributed by atoms with Gasteiger partial charge in [0.05, 0.1) is 11.3 Å². The molecule has 0 spiro atoms. The highest BCUT2D eigenvalue weighted by Gasteiger charge is 2.57. The van der Waals surface area contributed by atoms with Gasteiger partial charge in [0.1, 0.15) is 0 Å². The summed E-state index contributed by atoms with van der Waals surface area (Å²) in [6, 6.07) is 2.03. The lowest BCUT2D eigenvalue weighted by atomic mass is 9.79. The molecule has 0 aliphatic rings. The van der Waals surface area contributed by atoms with Crippen molar-refractivity contribution in [3.8, 4) is 0 Å². The SMILES string of the molecule is C=CC(=O)Nc1cc(B(O)O)ccc1C(F)(F)C(F)(F)Cl. The van der Waals surface area contributed by atoms with E-state index in [-0.39, 0.29) is 5.46 Å². The third kappa shape index (κ3) is 3.75. The van der Waals surface area contributed by atoms with Crippen molar-refractivity contribution in [3.05, 3.63) is 36.4 Å². The van der Waals surface area contributed by atoms with Crippen LogP contribution in [0.5, 0.6) is 0 Å². The number of anilines is 1. The fourth-order valence-corrected chi connectivity index (χ4v) is 1.54. The Bertz CT molecular complexity index is 563. The molecule has 21 heavy (non-hydrogen) atoms. The Morgan fingerprint density at radius 3 is 2.33 bits per heavy atom. The molecule has 1 aromatic rings. The van der Waals surface area contributed by atoms with Crippen molar-refractivity contribution in [2.45, 2.75) is 11.3 Å². The number of benzene rings is 1. The first-order valence-electron chi connectivity index (χ1n) is 5.39. The van der Waals surface area contributed by atoms with E-state index >= 15 is 0 Å². The summed E-state index contributed by atoms with van der Waals surface area (Å²) in [5, 5.41) is 14.9. The fourth-order valence-electron chi connectivity index (χ4n) is 1.44. The molecule has 0 heterocycles. The molecule has 0 atom stereocenters. The Labute approximate surface area is 122 Å². The van der Waals surface area contributed by atoms with Crippen LogP contribution in [0, 0.1) is 0 Å². The number of alkyl halides is 5. The molecule has 1 rings (SSSR count). The van der Waals surface area contributed by atoms with Gasteiger partial charge < -0.3 is 15.4 Å². The first-order valence-corrected chi connectivity index (χ1v) is 5.77. The highest BCUT2D eigenvalue weighted by atomic mass is 35.5. The number of nitrogens with one attached hydrogen (secondary N) is 1. The molecule has 0 aromatic heterocycles. The van der Waals surface area contributed by atoms with E-state index < -0.39 is 35.6 Å². The molecule has 0 unspecified atom stereocenters. The lowest BCUT2D eigenvalue weighted by Gasteiger charge is -2.24. The number of carbonyl (C=O) groups excluding carboxylic acids is 1. The van der Waals surface area contributed by atoms with Gasteiger partial charge in [0.25, 0.3) is 0 Å². The average Bonchev–Trinajstić information content (AvgIpc) is 2.36. The van der Waals surface area contributed by atoms with Crippen LogP contribution in [-0.4, -0.2) is 28.5 Å². The van der Waals surface area contributed by atoms with Crippen LogP contribution in [0.2, 0.25) is 0 Å². The van der Waals surface area contributed by atoms with E-state index in [0.717, 1.165) is 18.2 Å². The predicted octanol–water partition coefficient (Wildman–Crippen LogP) is 1.41. The molecule has 3 N–H and O–H groups in total. The smallest absolute Gasteiger partial charge is 0.423 e. The Hall–Kier alpha value is -1.58. The summed E-state index contributed by atoms with van der Waals surface area (Å²) in [5.41, 5.74) is -2.30. The molecule has 1 aromatic carbocycles. The van der Waals surface area contributed by atoms with Crippen LogP contribution in [0.4, 0.5) is 23.2 Å². The molecule has 0 bridgehead atoms. The monoisotopic (exact) mass is 325 g/mol. The van der Waals surface area contributed by atoms with Crippen molar-refractivity contribution in [1.29, 1.82) is 0 Å². The summed E-state index contributed by atoms with van der Waals surface area (Å²) in [4.78, 5) is 11.2. The van der Waals surface area contributed by atoms with Crippen molar-refractivity contribution >= 4 is 35.8 Å². The first kappa shape index (κ1) is 17.5. The van der Waals surface area contributed by atoms with E-state index in [1.807, 2.05) is 5.32 Å². The lowest BCUT2D eigenvalue weighted by molar-refractivity contribution is -0.163. The molecule has 10 heteroatoms. The molecule has 0 saturated heterocycles. The zero-order valence-corrected chi connectivity index (χ0v) is 11.0. The Morgan fingerprint density at radius 1 is 1.33 bits per heavy atom. The Kier molecular flexibility index (Phi) is 5.03. The van der Waals surface area contributed by atoms with Crippen LogP contribution in [0.25, 0.3) is 0 Å². The van der Waals surface area contributed by atoms with Gasteiger partial charge in [0.15, 0.2) is 0 Å². The Balaban J connectivity index is 3.44. The normalized spacial score (nSPS) is 12.0. The number of amides is 1. The minimum Gasteiger partial charge on any atom is -0.423 e. The zero-order chi connectivity index (χ0) is 16.4. The zero-order valence-electron chi connectivity index (χ0n) is 10.3. The first-order chi connectivity index (χ1) is 9.50. The van der Waals surface area contributed by atoms with Gasteiger partial charge in [-0.2, -0.15) is 17.6 Å². The van der Waals surface area contributed by atoms with E-state index in [0.29, 0.717) is 6.07 Å². The maximum Gasteiger partial charge on any atom is 0.488 e. The molecule has 114 valence electrons. The number of hydrogen-bond acceptors (Lipinski definition) is 3. The highest BCUT2D eigenvalue weighted by Crippen LogP contribution is 2.47. The van der Waals surface area contributed by atoms with Crippen LogP contribution in [0.15, 0.2) is 30.9 Å². The van der Waals surface area contributed by atoms with Gasteiger partial charge in [0, 0.05) is 0 Å². The second-order valence-electron chi connectivity index (χ2n) is 3.94.